The Morgan fingerprint density at radius 2 is 1.92 bits per heavy atom. The van der Waals surface area contributed by atoms with Crippen LogP contribution in [0.3, 0.4) is 0 Å². The number of pyridine rings is 1. The van der Waals surface area contributed by atoms with Crippen LogP contribution in [-0.4, -0.2) is 48.2 Å². The van der Waals surface area contributed by atoms with E-state index in [1.54, 1.807) is 29.4 Å². The minimum Gasteiger partial charge on any atom is -0.484 e. The molecule has 26 heavy (non-hydrogen) atoms. The van der Waals surface area contributed by atoms with Crippen LogP contribution in [-0.2, 0) is 11.3 Å². The fourth-order valence-corrected chi connectivity index (χ4v) is 2.67. The van der Waals surface area contributed by atoms with Gasteiger partial charge in [0, 0.05) is 37.6 Å². The molecule has 138 valence electrons. The van der Waals surface area contributed by atoms with Gasteiger partial charge in [-0.3, -0.25) is 9.78 Å². The van der Waals surface area contributed by atoms with Crippen LogP contribution in [0.15, 0.2) is 42.7 Å². The smallest absolute Gasteiger partial charge is 0.422 e. The van der Waals surface area contributed by atoms with E-state index >= 15 is 0 Å². The molecule has 1 fully saturated rings. The van der Waals surface area contributed by atoms with Gasteiger partial charge in [0.25, 0.3) is 0 Å². The molecule has 2 heterocycles. The van der Waals surface area contributed by atoms with Crippen molar-refractivity contribution in [1.29, 1.82) is 0 Å². The van der Waals surface area contributed by atoms with Gasteiger partial charge >= 0.3 is 6.18 Å². The number of aromatic nitrogens is 1. The van der Waals surface area contributed by atoms with E-state index in [2.05, 4.69) is 10.3 Å². The fraction of sp³-hybridized carbons (Fsp3) is 0.333. The number of carbonyl (C=O) groups excluding carboxylic acids is 1. The van der Waals surface area contributed by atoms with Crippen molar-refractivity contribution in [3.63, 3.8) is 0 Å². The molecule has 0 atom stereocenters. The van der Waals surface area contributed by atoms with Crippen LogP contribution < -0.4 is 10.1 Å². The van der Waals surface area contributed by atoms with Crippen LogP contribution in [0.4, 0.5) is 13.2 Å². The largest absolute Gasteiger partial charge is 0.484 e. The van der Waals surface area contributed by atoms with Gasteiger partial charge in [0.2, 0.25) is 5.91 Å². The van der Waals surface area contributed by atoms with Crippen molar-refractivity contribution < 1.29 is 22.7 Å². The first-order valence-electron chi connectivity index (χ1n) is 8.13. The number of halogens is 3. The van der Waals surface area contributed by atoms with Gasteiger partial charge in [-0.05, 0) is 29.3 Å². The van der Waals surface area contributed by atoms with E-state index in [4.69, 9.17) is 4.74 Å². The van der Waals surface area contributed by atoms with Gasteiger partial charge in [-0.2, -0.15) is 13.2 Å². The van der Waals surface area contributed by atoms with Crippen molar-refractivity contribution >= 4 is 5.91 Å². The molecule has 0 aliphatic carbocycles. The highest BCUT2D eigenvalue weighted by atomic mass is 19.4. The molecule has 1 saturated heterocycles. The maximum atomic E-state index is 12.2. The predicted molar refractivity (Wildman–Crippen MR) is 89.5 cm³/mol. The molecule has 1 amide bonds. The van der Waals surface area contributed by atoms with Gasteiger partial charge in [0.15, 0.2) is 6.61 Å². The summed E-state index contributed by atoms with van der Waals surface area (Å²) < 4.78 is 41.3. The van der Waals surface area contributed by atoms with Crippen LogP contribution in [0.5, 0.6) is 5.75 Å². The fourth-order valence-electron chi connectivity index (χ4n) is 2.67. The number of hydrogen-bond acceptors (Lipinski definition) is 4. The van der Waals surface area contributed by atoms with E-state index < -0.39 is 12.8 Å². The Hall–Kier alpha value is -2.61. The lowest BCUT2D eigenvalue weighted by Crippen LogP contribution is -2.47. The summed E-state index contributed by atoms with van der Waals surface area (Å²) in [5.41, 5.74) is 2.54. The average molecular weight is 365 g/mol. The van der Waals surface area contributed by atoms with Crippen LogP contribution in [0.25, 0.3) is 11.1 Å². The zero-order chi connectivity index (χ0) is 18.6. The first kappa shape index (κ1) is 18.2. The van der Waals surface area contributed by atoms with Gasteiger partial charge in [-0.15, -0.1) is 0 Å². The van der Waals surface area contributed by atoms with Gasteiger partial charge in [0.05, 0.1) is 6.54 Å². The van der Waals surface area contributed by atoms with Crippen LogP contribution in [0.1, 0.15) is 5.56 Å². The Bertz CT molecular complexity index is 763. The molecule has 0 spiro atoms. The van der Waals surface area contributed by atoms with E-state index in [9.17, 15) is 18.0 Å². The summed E-state index contributed by atoms with van der Waals surface area (Å²) in [7, 11) is 0. The minimum absolute atomic E-state index is 0.0489. The Kier molecular flexibility index (Phi) is 5.41. The lowest BCUT2D eigenvalue weighted by atomic mass is 10.1. The third-order valence-electron chi connectivity index (χ3n) is 3.95. The van der Waals surface area contributed by atoms with Gasteiger partial charge < -0.3 is 15.0 Å². The number of piperazine rings is 1. The molecule has 0 unspecified atom stereocenters. The molecule has 5 nitrogen and oxygen atoms in total. The third kappa shape index (κ3) is 4.95. The van der Waals surface area contributed by atoms with Crippen molar-refractivity contribution in [1.82, 2.24) is 15.2 Å². The quantitative estimate of drug-likeness (QED) is 0.885. The molecule has 0 bridgehead atoms. The summed E-state index contributed by atoms with van der Waals surface area (Å²) in [5.74, 6) is 0.203. The first-order chi connectivity index (χ1) is 12.4. The number of nitrogens with one attached hydrogen (secondary N) is 1. The molecule has 8 heteroatoms. The predicted octanol–water partition coefficient (Wildman–Crippen LogP) is 2.62. The number of carbonyl (C=O) groups is 1. The molecule has 3 rings (SSSR count). The number of ether oxygens (including phenoxy) is 1. The summed E-state index contributed by atoms with van der Waals surface area (Å²) in [5, 5.41) is 3.02. The second-order valence-electron chi connectivity index (χ2n) is 6.00. The zero-order valence-corrected chi connectivity index (χ0v) is 13.9. The number of nitrogens with zero attached hydrogens (tertiary/aromatic N) is 2. The molecule has 0 saturated carbocycles. The van der Waals surface area contributed by atoms with Crippen molar-refractivity contribution in [2.75, 3.05) is 26.2 Å². The van der Waals surface area contributed by atoms with Gasteiger partial charge in [-0.1, -0.05) is 12.1 Å². The highest BCUT2D eigenvalue weighted by Crippen LogP contribution is 2.24. The lowest BCUT2D eigenvalue weighted by Gasteiger charge is -2.27. The van der Waals surface area contributed by atoms with E-state index in [-0.39, 0.29) is 11.7 Å². The van der Waals surface area contributed by atoms with E-state index in [1.807, 2.05) is 6.07 Å². The number of hydrogen-bond donors (Lipinski definition) is 1. The summed E-state index contributed by atoms with van der Waals surface area (Å²) in [6, 6.07) is 8.28. The third-order valence-corrected chi connectivity index (χ3v) is 3.95. The van der Waals surface area contributed by atoms with Gasteiger partial charge in [0.1, 0.15) is 5.75 Å². The molecule has 1 aliphatic heterocycles. The maximum Gasteiger partial charge on any atom is 0.422 e. The summed E-state index contributed by atoms with van der Waals surface area (Å²) in [6.45, 7) is 0.912. The molecule has 0 radical (unpaired) electrons. The number of amides is 1. The highest BCUT2D eigenvalue weighted by molar-refractivity contribution is 5.79. The minimum atomic E-state index is -4.36. The average Bonchev–Trinajstić information content (AvgIpc) is 2.62. The van der Waals surface area contributed by atoms with Crippen molar-refractivity contribution in [3.05, 3.63) is 48.3 Å². The first-order valence-corrected chi connectivity index (χ1v) is 8.13. The molecular weight excluding hydrogens is 347 g/mol. The normalized spacial score (nSPS) is 15.2. The number of rotatable bonds is 5. The lowest BCUT2D eigenvalue weighted by molar-refractivity contribution is -0.153. The molecule has 1 aliphatic rings. The zero-order valence-electron chi connectivity index (χ0n) is 13.9. The Morgan fingerprint density at radius 3 is 2.62 bits per heavy atom. The standard InChI is InChI=1S/C18H18F3N3O2/c19-18(20,21)12-26-16-3-1-14(2-4-16)15-7-13(8-23-9-15)11-24-6-5-22-10-17(24)25/h1-4,7-9,22H,5-6,10-12H2. The second-order valence-corrected chi connectivity index (χ2v) is 6.00. The number of alkyl halides is 3. The molecular formula is C18H18F3N3O2. The molecule has 2 aromatic rings. The topological polar surface area (TPSA) is 54.5 Å². The summed E-state index contributed by atoms with van der Waals surface area (Å²) >= 11 is 0. The summed E-state index contributed by atoms with van der Waals surface area (Å²) in [4.78, 5) is 17.9. The summed E-state index contributed by atoms with van der Waals surface area (Å²) in [6.07, 6.45) is -0.980. The second kappa shape index (κ2) is 7.74. The molecule has 1 aromatic heterocycles. The Balaban J connectivity index is 1.68. The SMILES string of the molecule is O=C1CNCCN1Cc1cncc(-c2ccc(OCC(F)(F)F)cc2)c1. The van der Waals surface area contributed by atoms with E-state index in [0.29, 0.717) is 19.6 Å². The van der Waals surface area contributed by atoms with Crippen LogP contribution in [0.2, 0.25) is 0 Å². The molecule has 1 N–H and O–H groups in total. The van der Waals surface area contributed by atoms with Crippen molar-refractivity contribution in [3.8, 4) is 16.9 Å². The van der Waals surface area contributed by atoms with Crippen LogP contribution >= 0.6 is 0 Å². The van der Waals surface area contributed by atoms with E-state index in [1.165, 1.54) is 12.1 Å². The highest BCUT2D eigenvalue weighted by Gasteiger charge is 2.28. The number of benzene rings is 1. The van der Waals surface area contributed by atoms with Crippen molar-refractivity contribution in [2.45, 2.75) is 12.7 Å². The monoisotopic (exact) mass is 365 g/mol. The maximum absolute atomic E-state index is 12.2. The van der Waals surface area contributed by atoms with Crippen molar-refractivity contribution in [2.24, 2.45) is 0 Å². The van der Waals surface area contributed by atoms with Crippen LogP contribution in [0, 0.1) is 0 Å². The van der Waals surface area contributed by atoms with E-state index in [0.717, 1.165) is 23.2 Å². The Labute approximate surface area is 148 Å². The molecule has 1 aromatic carbocycles. The van der Waals surface area contributed by atoms with Gasteiger partial charge in [-0.25, -0.2) is 0 Å². The Morgan fingerprint density at radius 1 is 1.15 bits per heavy atom.